The number of hydrogen-bond donors (Lipinski definition) is 0. The van der Waals surface area contributed by atoms with Gasteiger partial charge in [0, 0.05) is 6.61 Å². The van der Waals surface area contributed by atoms with E-state index < -0.39 is 0 Å². The zero-order valence-corrected chi connectivity index (χ0v) is 5.17. The van der Waals surface area contributed by atoms with E-state index in [0.29, 0.717) is 6.61 Å². The van der Waals surface area contributed by atoms with Crippen LogP contribution in [0.25, 0.3) is 0 Å². The van der Waals surface area contributed by atoms with E-state index >= 15 is 0 Å². The summed E-state index contributed by atoms with van der Waals surface area (Å²) in [6, 6.07) is 1.92. The van der Waals surface area contributed by atoms with Crippen molar-refractivity contribution in [3.05, 3.63) is 0 Å². The average Bonchev–Trinajstić information content (AvgIpc) is 2.34. The van der Waals surface area contributed by atoms with Crippen LogP contribution in [0.2, 0.25) is 0 Å². The zero-order valence-electron chi connectivity index (χ0n) is 5.17. The van der Waals surface area contributed by atoms with Crippen LogP contribution in [0.4, 0.5) is 0 Å². The first-order chi connectivity index (χ1) is 4.43. The van der Waals surface area contributed by atoms with E-state index in [9.17, 15) is 0 Å². The lowest BCUT2D eigenvalue weighted by molar-refractivity contribution is 0.0625. The number of nitrogens with zero attached hydrogens (tertiary/aromatic N) is 1. The summed E-state index contributed by atoms with van der Waals surface area (Å²) in [6.45, 7) is 1.62. The lowest BCUT2D eigenvalue weighted by Crippen LogP contribution is -2.11. The normalized spacial score (nSPS) is 25.9. The summed E-state index contributed by atoms with van der Waals surface area (Å²) in [7, 11) is 0. The molecule has 1 rings (SSSR count). The fraction of sp³-hybridized carbons (Fsp3) is 0.833. The summed E-state index contributed by atoms with van der Waals surface area (Å²) in [4.78, 5) is 0. The molecule has 1 fully saturated rings. The number of hydrogen-bond acceptors (Lipinski definition) is 3. The molecule has 0 N–H and O–H groups in total. The minimum absolute atomic E-state index is 0.171. The van der Waals surface area contributed by atoms with E-state index in [-0.39, 0.29) is 12.7 Å². The Bertz CT molecular complexity index is 113. The summed E-state index contributed by atoms with van der Waals surface area (Å²) < 4.78 is 10.1. The van der Waals surface area contributed by atoms with E-state index in [1.807, 2.05) is 6.07 Å². The van der Waals surface area contributed by atoms with Gasteiger partial charge in [-0.15, -0.1) is 0 Å². The van der Waals surface area contributed by atoms with Crippen LogP contribution < -0.4 is 0 Å². The minimum atomic E-state index is 0.171. The maximum absolute atomic E-state index is 8.11. The summed E-state index contributed by atoms with van der Waals surface area (Å²) in [5.41, 5.74) is 0. The topological polar surface area (TPSA) is 42.2 Å². The van der Waals surface area contributed by atoms with Crippen molar-refractivity contribution in [2.45, 2.75) is 12.5 Å². The van der Waals surface area contributed by atoms with Gasteiger partial charge in [0.1, 0.15) is 6.61 Å². The number of ether oxygens (including phenoxy) is 2. The number of nitriles is 1. The molecule has 0 aromatic carbocycles. The van der Waals surface area contributed by atoms with Crippen LogP contribution in [0.15, 0.2) is 0 Å². The highest BCUT2D eigenvalue weighted by Crippen LogP contribution is 2.06. The largest absolute Gasteiger partial charge is 0.379 e. The van der Waals surface area contributed by atoms with Crippen molar-refractivity contribution in [2.24, 2.45) is 0 Å². The SMILES string of the molecule is N#CCOC1CCOC1. The highest BCUT2D eigenvalue weighted by atomic mass is 16.5. The van der Waals surface area contributed by atoms with Gasteiger partial charge in [0.15, 0.2) is 0 Å². The van der Waals surface area contributed by atoms with Gasteiger partial charge in [-0.1, -0.05) is 0 Å². The van der Waals surface area contributed by atoms with Crippen molar-refractivity contribution < 1.29 is 9.47 Å². The molecule has 1 atom stereocenters. The first-order valence-corrected chi connectivity index (χ1v) is 3.00. The van der Waals surface area contributed by atoms with Crippen molar-refractivity contribution in [3.63, 3.8) is 0 Å². The van der Waals surface area contributed by atoms with Crippen LogP contribution in [0.5, 0.6) is 0 Å². The molecule has 1 saturated heterocycles. The Balaban J connectivity index is 2.06. The molecule has 0 aliphatic carbocycles. The van der Waals surface area contributed by atoms with Crippen LogP contribution >= 0.6 is 0 Å². The van der Waals surface area contributed by atoms with E-state index in [1.165, 1.54) is 0 Å². The maximum atomic E-state index is 8.11. The molecule has 3 nitrogen and oxygen atoms in total. The Labute approximate surface area is 54.2 Å². The van der Waals surface area contributed by atoms with E-state index in [4.69, 9.17) is 14.7 Å². The second-order valence-electron chi connectivity index (χ2n) is 1.95. The Kier molecular flexibility index (Phi) is 2.49. The zero-order chi connectivity index (χ0) is 6.53. The Hall–Kier alpha value is -0.590. The summed E-state index contributed by atoms with van der Waals surface area (Å²) in [5, 5.41) is 8.11. The standard InChI is InChI=1S/C6H9NO2/c7-2-4-9-6-1-3-8-5-6/h6H,1,3-5H2. The molecule has 1 aliphatic rings. The summed E-state index contributed by atoms with van der Waals surface area (Å²) >= 11 is 0. The van der Waals surface area contributed by atoms with E-state index in [2.05, 4.69) is 0 Å². The molecular formula is C6H9NO2. The fourth-order valence-electron chi connectivity index (χ4n) is 0.799. The third-order valence-electron chi connectivity index (χ3n) is 1.27. The molecule has 1 heterocycles. The van der Waals surface area contributed by atoms with Gasteiger partial charge in [0.25, 0.3) is 0 Å². The molecule has 1 unspecified atom stereocenters. The summed E-state index contributed by atoms with van der Waals surface area (Å²) in [6.07, 6.45) is 1.10. The average molecular weight is 127 g/mol. The van der Waals surface area contributed by atoms with Crippen LogP contribution in [-0.4, -0.2) is 25.9 Å². The predicted molar refractivity (Wildman–Crippen MR) is 30.8 cm³/mol. The highest BCUT2D eigenvalue weighted by Gasteiger charge is 2.14. The van der Waals surface area contributed by atoms with Crippen LogP contribution in [0.3, 0.4) is 0 Å². The van der Waals surface area contributed by atoms with Gasteiger partial charge in [-0.25, -0.2) is 0 Å². The molecule has 50 valence electrons. The highest BCUT2D eigenvalue weighted by molar-refractivity contribution is 4.71. The van der Waals surface area contributed by atoms with Gasteiger partial charge in [0.05, 0.1) is 18.8 Å². The predicted octanol–water partition coefficient (Wildman–Crippen LogP) is 0.315. The van der Waals surface area contributed by atoms with Gasteiger partial charge in [-0.05, 0) is 6.42 Å². The van der Waals surface area contributed by atoms with Crippen molar-refractivity contribution >= 4 is 0 Å². The molecule has 0 radical (unpaired) electrons. The second kappa shape index (κ2) is 3.44. The molecule has 0 amide bonds. The van der Waals surface area contributed by atoms with E-state index in [0.717, 1.165) is 13.0 Å². The van der Waals surface area contributed by atoms with Crippen LogP contribution in [0, 0.1) is 11.3 Å². The minimum Gasteiger partial charge on any atom is -0.379 e. The monoisotopic (exact) mass is 127 g/mol. The van der Waals surface area contributed by atoms with Crippen molar-refractivity contribution in [3.8, 4) is 6.07 Å². The smallest absolute Gasteiger partial charge is 0.134 e. The van der Waals surface area contributed by atoms with E-state index in [1.54, 1.807) is 0 Å². The molecule has 0 saturated carbocycles. The second-order valence-corrected chi connectivity index (χ2v) is 1.95. The molecule has 0 spiro atoms. The Morgan fingerprint density at radius 2 is 2.67 bits per heavy atom. The Morgan fingerprint density at radius 3 is 3.22 bits per heavy atom. The fourth-order valence-corrected chi connectivity index (χ4v) is 0.799. The molecule has 9 heavy (non-hydrogen) atoms. The van der Waals surface area contributed by atoms with Gasteiger partial charge in [-0.2, -0.15) is 5.26 Å². The van der Waals surface area contributed by atoms with Gasteiger partial charge in [0.2, 0.25) is 0 Å². The lowest BCUT2D eigenvalue weighted by atomic mass is 10.3. The molecule has 1 aliphatic heterocycles. The van der Waals surface area contributed by atoms with Gasteiger partial charge >= 0.3 is 0 Å². The first kappa shape index (κ1) is 6.53. The van der Waals surface area contributed by atoms with Crippen LogP contribution in [-0.2, 0) is 9.47 Å². The molecule has 3 heteroatoms. The first-order valence-electron chi connectivity index (χ1n) is 3.00. The van der Waals surface area contributed by atoms with Crippen molar-refractivity contribution in [1.29, 1.82) is 5.26 Å². The van der Waals surface area contributed by atoms with Crippen molar-refractivity contribution in [1.82, 2.24) is 0 Å². The Morgan fingerprint density at radius 1 is 1.78 bits per heavy atom. The molecule has 0 bridgehead atoms. The maximum Gasteiger partial charge on any atom is 0.134 e. The number of rotatable bonds is 2. The van der Waals surface area contributed by atoms with Crippen LogP contribution in [0.1, 0.15) is 6.42 Å². The third-order valence-corrected chi connectivity index (χ3v) is 1.27. The van der Waals surface area contributed by atoms with Gasteiger partial charge < -0.3 is 9.47 Å². The molecular weight excluding hydrogens is 118 g/mol. The quantitative estimate of drug-likeness (QED) is 0.536. The third kappa shape index (κ3) is 2.00. The molecule has 0 aromatic heterocycles. The molecule has 0 aromatic rings. The summed E-state index contributed by atoms with van der Waals surface area (Å²) in [5.74, 6) is 0. The lowest BCUT2D eigenvalue weighted by Gasteiger charge is -2.03. The van der Waals surface area contributed by atoms with Gasteiger partial charge in [-0.3, -0.25) is 0 Å². The van der Waals surface area contributed by atoms with Crippen molar-refractivity contribution in [2.75, 3.05) is 19.8 Å².